The van der Waals surface area contributed by atoms with Crippen molar-refractivity contribution < 1.29 is 21.4 Å². The van der Waals surface area contributed by atoms with E-state index in [0.29, 0.717) is 4.57 Å². The number of rotatable bonds is 2. The van der Waals surface area contributed by atoms with E-state index in [4.69, 9.17) is 11.2 Å². The third-order valence-corrected chi connectivity index (χ3v) is 2.56. The predicted octanol–water partition coefficient (Wildman–Crippen LogP) is -2.85. The van der Waals surface area contributed by atoms with Crippen LogP contribution in [0.2, 0.25) is 0 Å². The molecule has 94 valence electrons. The molecule has 2 rings (SSSR count). The fourth-order valence-electron chi connectivity index (χ4n) is 1.67. The number of H-pyrrole nitrogens is 1. The molecule has 0 radical (unpaired) electrons. The Kier molecular flexibility index (Phi) is 2.77. The highest BCUT2D eigenvalue weighted by atomic mass is 16.6. The van der Waals surface area contributed by atoms with Gasteiger partial charge in [-0.3, -0.25) is 14.3 Å². The van der Waals surface area contributed by atoms with Crippen LogP contribution in [0.5, 0.6) is 0 Å². The first-order valence-corrected chi connectivity index (χ1v) is 4.90. The normalized spacial score (nSPS) is 33.7. The van der Waals surface area contributed by atoms with Crippen molar-refractivity contribution >= 4 is 0 Å². The van der Waals surface area contributed by atoms with Crippen molar-refractivity contribution in [2.24, 2.45) is 0 Å². The van der Waals surface area contributed by atoms with Crippen molar-refractivity contribution in [3.63, 3.8) is 0 Å². The van der Waals surface area contributed by atoms with Gasteiger partial charge in [0.25, 0.3) is 5.56 Å². The third kappa shape index (κ3) is 2.03. The van der Waals surface area contributed by atoms with E-state index in [0.717, 1.165) is 6.07 Å². The van der Waals surface area contributed by atoms with Gasteiger partial charge in [0.15, 0.2) is 6.23 Å². The molecule has 2 heterocycles. The van der Waals surface area contributed by atoms with Gasteiger partial charge in [-0.25, -0.2) is 4.79 Å². The summed E-state index contributed by atoms with van der Waals surface area (Å²) in [6.07, 6.45) is -5.69. The lowest BCUT2D eigenvalue weighted by molar-refractivity contribution is -0.0550. The molecule has 0 amide bonds. The first-order chi connectivity index (χ1) is 8.45. The van der Waals surface area contributed by atoms with Crippen LogP contribution < -0.4 is 11.2 Å². The molecule has 1 fully saturated rings. The molecule has 0 aliphatic carbocycles. The molecular formula is C9H12N2O6. The van der Waals surface area contributed by atoms with Gasteiger partial charge in [0.1, 0.15) is 18.3 Å². The zero-order chi connectivity index (χ0) is 13.4. The minimum Gasteiger partial charge on any atom is -0.394 e. The molecule has 1 aliphatic heterocycles. The number of aromatic amines is 1. The molecule has 4 N–H and O–H groups in total. The van der Waals surface area contributed by atoms with E-state index in [2.05, 4.69) is 0 Å². The number of aliphatic hydroxyl groups is 3. The number of aromatic nitrogens is 2. The molecule has 1 saturated heterocycles. The van der Waals surface area contributed by atoms with E-state index in [1.807, 2.05) is 4.98 Å². The summed E-state index contributed by atoms with van der Waals surface area (Å²) in [7, 11) is 0. The van der Waals surface area contributed by atoms with Crippen molar-refractivity contribution in [1.29, 1.82) is 0 Å². The summed E-state index contributed by atoms with van der Waals surface area (Å²) in [5, 5.41) is 28.2. The second kappa shape index (κ2) is 4.41. The highest BCUT2D eigenvalue weighted by molar-refractivity contribution is 4.92. The Bertz CT molecular complexity index is 555. The van der Waals surface area contributed by atoms with Gasteiger partial charge < -0.3 is 20.1 Å². The molecule has 17 heavy (non-hydrogen) atoms. The first kappa shape index (κ1) is 10.7. The number of hydrogen-bond donors (Lipinski definition) is 4. The van der Waals surface area contributed by atoms with Crippen molar-refractivity contribution in [3.05, 3.63) is 33.1 Å². The molecule has 0 saturated carbocycles. The Labute approximate surface area is 96.1 Å². The standard InChI is InChI=1S/C9H12N2O6/c12-3-4-6(14)7(15)8(17-4)11-2-1-5(13)10-9(11)16/h1-2,4,6-8,12,14-15H,3H2,(H,10,13,16)/t4-,6-,7-,8-/m1/s1/i2T. The number of nitrogens with zero attached hydrogens (tertiary/aromatic N) is 1. The smallest absolute Gasteiger partial charge is 0.330 e. The number of aliphatic hydroxyl groups excluding tert-OH is 3. The van der Waals surface area contributed by atoms with Gasteiger partial charge in [0.2, 0.25) is 0 Å². The number of ether oxygens (including phenoxy) is 1. The van der Waals surface area contributed by atoms with E-state index >= 15 is 0 Å². The van der Waals surface area contributed by atoms with Crippen LogP contribution in [-0.4, -0.2) is 49.8 Å². The molecule has 1 aromatic rings. The molecule has 1 aromatic heterocycles. The summed E-state index contributed by atoms with van der Waals surface area (Å²) >= 11 is 0. The van der Waals surface area contributed by atoms with Gasteiger partial charge in [0.05, 0.1) is 7.98 Å². The van der Waals surface area contributed by atoms with Crippen LogP contribution in [-0.2, 0) is 4.74 Å². The van der Waals surface area contributed by atoms with Crippen LogP contribution >= 0.6 is 0 Å². The van der Waals surface area contributed by atoms with Crippen molar-refractivity contribution in [2.45, 2.75) is 24.5 Å². The molecule has 0 aromatic carbocycles. The van der Waals surface area contributed by atoms with E-state index in [1.165, 1.54) is 0 Å². The molecule has 1 aliphatic rings. The van der Waals surface area contributed by atoms with Gasteiger partial charge in [-0.1, -0.05) is 0 Å². The maximum atomic E-state index is 11.5. The Morgan fingerprint density at radius 1 is 1.47 bits per heavy atom. The SMILES string of the molecule is [3H]c1cc(=O)[nH]c(=O)n1[C@@H]1O[C@H](CO)[C@@H](O)[C@H]1O. The maximum absolute atomic E-state index is 11.5. The summed E-state index contributed by atoms with van der Waals surface area (Å²) in [5.41, 5.74) is -1.67. The lowest BCUT2D eigenvalue weighted by atomic mass is 10.1. The average molecular weight is 246 g/mol. The molecule has 4 atom stereocenters. The predicted molar refractivity (Wildman–Crippen MR) is 54.3 cm³/mol. The summed E-state index contributed by atoms with van der Waals surface area (Å²) < 4.78 is 13.3. The zero-order valence-corrected chi connectivity index (χ0v) is 8.61. The highest BCUT2D eigenvalue weighted by Gasteiger charge is 2.43. The highest BCUT2D eigenvalue weighted by Crippen LogP contribution is 2.27. The second-order valence-electron chi connectivity index (χ2n) is 3.67. The van der Waals surface area contributed by atoms with Crippen molar-refractivity contribution in [3.8, 4) is 0 Å². The van der Waals surface area contributed by atoms with Crippen LogP contribution in [0.4, 0.5) is 0 Å². The third-order valence-electron chi connectivity index (χ3n) is 2.56. The zero-order valence-electron chi connectivity index (χ0n) is 9.61. The summed E-state index contributed by atoms with van der Waals surface area (Å²) in [4.78, 5) is 24.4. The van der Waals surface area contributed by atoms with E-state index < -0.39 is 48.6 Å². The van der Waals surface area contributed by atoms with E-state index in [1.54, 1.807) is 0 Å². The van der Waals surface area contributed by atoms with Gasteiger partial charge in [-0.15, -0.1) is 0 Å². The second-order valence-corrected chi connectivity index (χ2v) is 3.67. The summed E-state index contributed by atoms with van der Waals surface area (Å²) in [5.74, 6) is 0. The Morgan fingerprint density at radius 2 is 2.18 bits per heavy atom. The van der Waals surface area contributed by atoms with Crippen LogP contribution in [0.15, 0.2) is 21.8 Å². The summed E-state index contributed by atoms with van der Waals surface area (Å²) in [6, 6.07) is 0.843. The average Bonchev–Trinajstić information content (AvgIpc) is 2.56. The Balaban J connectivity index is 2.45. The maximum Gasteiger partial charge on any atom is 0.330 e. The van der Waals surface area contributed by atoms with Gasteiger partial charge in [0, 0.05) is 12.2 Å². The largest absolute Gasteiger partial charge is 0.394 e. The molecule has 0 bridgehead atoms. The topological polar surface area (TPSA) is 125 Å². The van der Waals surface area contributed by atoms with Crippen LogP contribution in [0.3, 0.4) is 0 Å². The van der Waals surface area contributed by atoms with Gasteiger partial charge >= 0.3 is 5.69 Å². The van der Waals surface area contributed by atoms with E-state index in [9.17, 15) is 19.8 Å². The minimum atomic E-state index is -1.48. The number of hydrogen-bond acceptors (Lipinski definition) is 6. The van der Waals surface area contributed by atoms with Crippen molar-refractivity contribution in [1.82, 2.24) is 9.55 Å². The lowest BCUT2D eigenvalue weighted by Gasteiger charge is -2.16. The fourth-order valence-corrected chi connectivity index (χ4v) is 1.67. The monoisotopic (exact) mass is 246 g/mol. The van der Waals surface area contributed by atoms with Crippen molar-refractivity contribution in [2.75, 3.05) is 6.61 Å². The molecule has 8 heteroatoms. The van der Waals surface area contributed by atoms with Crippen LogP contribution in [0.25, 0.3) is 0 Å². The summed E-state index contributed by atoms with van der Waals surface area (Å²) in [6.45, 7) is -0.542. The fraction of sp³-hybridized carbons (Fsp3) is 0.556. The Hall–Kier alpha value is -1.48. The molecule has 0 spiro atoms. The quantitative estimate of drug-likeness (QED) is 0.445. The molecule has 0 unspecified atom stereocenters. The van der Waals surface area contributed by atoms with Crippen LogP contribution in [0, 0.1) is 0 Å². The van der Waals surface area contributed by atoms with Crippen LogP contribution in [0.1, 0.15) is 7.60 Å². The van der Waals surface area contributed by atoms with Gasteiger partial charge in [-0.05, 0) is 0 Å². The van der Waals surface area contributed by atoms with Gasteiger partial charge in [-0.2, -0.15) is 0 Å². The molecular weight excluding hydrogens is 232 g/mol. The number of nitrogens with one attached hydrogen (secondary N) is 1. The minimum absolute atomic E-state index is 0.460. The molecule has 8 nitrogen and oxygen atoms in total. The lowest BCUT2D eigenvalue weighted by Crippen LogP contribution is -2.37. The Morgan fingerprint density at radius 3 is 2.71 bits per heavy atom. The van der Waals surface area contributed by atoms with E-state index in [-0.39, 0.29) is 0 Å². The first-order valence-electron chi connectivity index (χ1n) is 5.40.